The number of hydrogen-bond donors (Lipinski definition) is 1. The highest BCUT2D eigenvalue weighted by molar-refractivity contribution is 6.30. The van der Waals surface area contributed by atoms with Gasteiger partial charge in [0.05, 0.1) is 11.1 Å². The van der Waals surface area contributed by atoms with E-state index in [1.165, 1.54) is 6.07 Å². The number of carbonyl (C=O) groups is 3. The van der Waals surface area contributed by atoms with E-state index in [0.29, 0.717) is 28.5 Å². The Morgan fingerprint density at radius 3 is 2.27 bits per heavy atom. The van der Waals surface area contributed by atoms with Crippen molar-refractivity contribution in [2.24, 2.45) is 17.8 Å². The standard InChI is InChI=1S/C26H30ClNO5/c1-16(2)20-13-8-17(3)14-23(20)33-26(31)22-7-5-4-6-21(22)25(30)32-15-24(29)28-19-11-9-18(27)10-12-19/h4-7,9-12,16-17,20,23H,8,13-15H2,1-3H3,(H,28,29)/t17-,20-,23+/m1/s1. The zero-order valence-electron chi connectivity index (χ0n) is 19.2. The van der Waals surface area contributed by atoms with Gasteiger partial charge in [-0.2, -0.15) is 0 Å². The topological polar surface area (TPSA) is 81.7 Å². The molecule has 0 spiro atoms. The Bertz CT molecular complexity index is 988. The maximum Gasteiger partial charge on any atom is 0.339 e. The predicted octanol–water partition coefficient (Wildman–Crippen LogP) is 5.75. The van der Waals surface area contributed by atoms with Gasteiger partial charge in [-0.1, -0.05) is 50.9 Å². The number of anilines is 1. The van der Waals surface area contributed by atoms with Crippen molar-refractivity contribution in [1.82, 2.24) is 0 Å². The van der Waals surface area contributed by atoms with Gasteiger partial charge in [0.1, 0.15) is 6.10 Å². The fraction of sp³-hybridized carbons (Fsp3) is 0.423. The van der Waals surface area contributed by atoms with Crippen LogP contribution in [0.1, 0.15) is 60.7 Å². The Hall–Kier alpha value is -2.86. The van der Waals surface area contributed by atoms with Crippen LogP contribution in [0.15, 0.2) is 48.5 Å². The second-order valence-electron chi connectivity index (χ2n) is 8.95. The molecule has 2 aromatic rings. The summed E-state index contributed by atoms with van der Waals surface area (Å²) in [4.78, 5) is 37.8. The molecular weight excluding hydrogens is 442 g/mol. The van der Waals surface area contributed by atoms with E-state index in [2.05, 4.69) is 26.1 Å². The van der Waals surface area contributed by atoms with Gasteiger partial charge in [-0.05, 0) is 67.0 Å². The van der Waals surface area contributed by atoms with Gasteiger partial charge in [0, 0.05) is 10.7 Å². The molecule has 1 aliphatic carbocycles. The third-order valence-corrected chi connectivity index (χ3v) is 6.30. The zero-order valence-corrected chi connectivity index (χ0v) is 19.9. The summed E-state index contributed by atoms with van der Waals surface area (Å²) in [5.41, 5.74) is 0.749. The van der Waals surface area contributed by atoms with Crippen LogP contribution >= 0.6 is 11.6 Å². The van der Waals surface area contributed by atoms with Crippen molar-refractivity contribution in [2.45, 2.75) is 46.1 Å². The van der Waals surface area contributed by atoms with Crippen LogP contribution in [0.4, 0.5) is 5.69 Å². The lowest BCUT2D eigenvalue weighted by molar-refractivity contribution is -0.119. The van der Waals surface area contributed by atoms with Crippen molar-refractivity contribution in [3.8, 4) is 0 Å². The van der Waals surface area contributed by atoms with Crippen LogP contribution in [-0.2, 0) is 14.3 Å². The molecule has 0 unspecified atom stereocenters. The molecule has 1 N–H and O–H groups in total. The molecule has 1 saturated carbocycles. The highest BCUT2D eigenvalue weighted by Crippen LogP contribution is 2.35. The Balaban J connectivity index is 1.63. The highest BCUT2D eigenvalue weighted by Gasteiger charge is 2.34. The monoisotopic (exact) mass is 471 g/mol. The average molecular weight is 472 g/mol. The van der Waals surface area contributed by atoms with Crippen molar-refractivity contribution in [3.63, 3.8) is 0 Å². The maximum atomic E-state index is 13.0. The molecular formula is C26H30ClNO5. The minimum Gasteiger partial charge on any atom is -0.458 e. The molecule has 176 valence electrons. The van der Waals surface area contributed by atoms with Crippen molar-refractivity contribution < 1.29 is 23.9 Å². The minimum atomic E-state index is -0.758. The van der Waals surface area contributed by atoms with Crippen LogP contribution in [0.25, 0.3) is 0 Å². The largest absolute Gasteiger partial charge is 0.458 e. The minimum absolute atomic E-state index is 0.0757. The third-order valence-electron chi connectivity index (χ3n) is 6.05. The van der Waals surface area contributed by atoms with Crippen molar-refractivity contribution in [2.75, 3.05) is 11.9 Å². The number of nitrogens with one attached hydrogen (secondary N) is 1. The van der Waals surface area contributed by atoms with Crippen LogP contribution in [0.5, 0.6) is 0 Å². The molecule has 1 aliphatic rings. The number of carbonyl (C=O) groups excluding carboxylic acids is 3. The first kappa shape index (κ1) is 24.8. The average Bonchev–Trinajstić information content (AvgIpc) is 2.79. The molecule has 0 saturated heterocycles. The molecule has 0 heterocycles. The van der Waals surface area contributed by atoms with Gasteiger partial charge in [0.2, 0.25) is 0 Å². The third kappa shape index (κ3) is 6.81. The number of amides is 1. The Labute approximate surface area is 199 Å². The normalized spacial score (nSPS) is 20.2. The van der Waals surface area contributed by atoms with E-state index in [9.17, 15) is 14.4 Å². The van der Waals surface area contributed by atoms with Gasteiger partial charge in [0.15, 0.2) is 6.61 Å². The van der Waals surface area contributed by atoms with Crippen molar-refractivity contribution >= 4 is 35.1 Å². The maximum absolute atomic E-state index is 13.0. The number of halogens is 1. The molecule has 2 aromatic carbocycles. The second kappa shape index (κ2) is 11.3. The second-order valence-corrected chi connectivity index (χ2v) is 9.38. The Kier molecular flexibility index (Phi) is 8.50. The number of ether oxygens (including phenoxy) is 2. The summed E-state index contributed by atoms with van der Waals surface area (Å²) in [5, 5.41) is 3.17. The molecule has 0 radical (unpaired) electrons. The summed E-state index contributed by atoms with van der Waals surface area (Å²) in [6.45, 7) is 5.96. The Morgan fingerprint density at radius 2 is 1.64 bits per heavy atom. The Morgan fingerprint density at radius 1 is 1.00 bits per heavy atom. The summed E-state index contributed by atoms with van der Waals surface area (Å²) in [6, 6.07) is 12.9. The van der Waals surface area contributed by atoms with Gasteiger partial charge in [-0.15, -0.1) is 0 Å². The van der Waals surface area contributed by atoms with E-state index < -0.39 is 24.5 Å². The van der Waals surface area contributed by atoms with E-state index in [1.54, 1.807) is 42.5 Å². The fourth-order valence-corrected chi connectivity index (χ4v) is 4.36. The first-order valence-corrected chi connectivity index (χ1v) is 11.6. The summed E-state index contributed by atoms with van der Waals surface area (Å²) in [6.07, 6.45) is 2.77. The molecule has 3 rings (SSSR count). The van der Waals surface area contributed by atoms with E-state index >= 15 is 0 Å². The summed E-state index contributed by atoms with van der Waals surface area (Å²) in [5.74, 6) is -0.626. The number of benzene rings is 2. The molecule has 3 atom stereocenters. The molecule has 0 aliphatic heterocycles. The number of rotatable bonds is 7. The van der Waals surface area contributed by atoms with E-state index in [-0.39, 0.29) is 17.2 Å². The molecule has 7 heteroatoms. The molecule has 1 fully saturated rings. The summed E-state index contributed by atoms with van der Waals surface area (Å²) < 4.78 is 11.0. The summed E-state index contributed by atoms with van der Waals surface area (Å²) >= 11 is 5.83. The number of hydrogen-bond acceptors (Lipinski definition) is 5. The van der Waals surface area contributed by atoms with Gasteiger partial charge >= 0.3 is 11.9 Å². The lowest BCUT2D eigenvalue weighted by Crippen LogP contribution is -2.36. The van der Waals surface area contributed by atoms with Gasteiger partial charge < -0.3 is 14.8 Å². The van der Waals surface area contributed by atoms with E-state index in [4.69, 9.17) is 21.1 Å². The van der Waals surface area contributed by atoms with Crippen LogP contribution in [0.3, 0.4) is 0 Å². The van der Waals surface area contributed by atoms with Crippen LogP contribution < -0.4 is 5.32 Å². The number of esters is 2. The van der Waals surface area contributed by atoms with Gasteiger partial charge in [-0.3, -0.25) is 4.79 Å². The van der Waals surface area contributed by atoms with Crippen LogP contribution in [0, 0.1) is 17.8 Å². The predicted molar refractivity (Wildman–Crippen MR) is 127 cm³/mol. The molecule has 0 bridgehead atoms. The quantitative estimate of drug-likeness (QED) is 0.519. The van der Waals surface area contributed by atoms with Crippen molar-refractivity contribution in [1.29, 1.82) is 0 Å². The lowest BCUT2D eigenvalue weighted by Gasteiger charge is -2.36. The lowest BCUT2D eigenvalue weighted by atomic mass is 9.75. The molecule has 0 aromatic heterocycles. The SMILES string of the molecule is CC(C)[C@H]1CC[C@@H](C)C[C@@H]1OC(=O)c1ccccc1C(=O)OCC(=O)Nc1ccc(Cl)cc1. The molecule has 1 amide bonds. The fourth-order valence-electron chi connectivity index (χ4n) is 4.23. The highest BCUT2D eigenvalue weighted by atomic mass is 35.5. The van der Waals surface area contributed by atoms with Crippen LogP contribution in [-0.4, -0.2) is 30.6 Å². The van der Waals surface area contributed by atoms with Gasteiger partial charge in [0.25, 0.3) is 5.91 Å². The van der Waals surface area contributed by atoms with Crippen LogP contribution in [0.2, 0.25) is 5.02 Å². The van der Waals surface area contributed by atoms with Gasteiger partial charge in [-0.25, -0.2) is 9.59 Å². The summed E-state index contributed by atoms with van der Waals surface area (Å²) in [7, 11) is 0. The smallest absolute Gasteiger partial charge is 0.339 e. The van der Waals surface area contributed by atoms with E-state index in [1.807, 2.05) is 0 Å². The zero-order chi connectivity index (χ0) is 24.0. The van der Waals surface area contributed by atoms with E-state index in [0.717, 1.165) is 19.3 Å². The first-order chi connectivity index (χ1) is 15.7. The molecule has 33 heavy (non-hydrogen) atoms. The first-order valence-electron chi connectivity index (χ1n) is 11.3. The van der Waals surface area contributed by atoms with Crippen molar-refractivity contribution in [3.05, 3.63) is 64.7 Å². The molecule has 6 nitrogen and oxygen atoms in total.